The third-order valence-corrected chi connectivity index (χ3v) is 3.09. The number of carbonyl (C=O) groups is 1. The Kier molecular flexibility index (Phi) is 6.15. The topological polar surface area (TPSA) is 53.8 Å². The van der Waals surface area contributed by atoms with Crippen molar-refractivity contribution >= 4 is 21.9 Å². The molecule has 0 bridgehead atoms. The summed E-state index contributed by atoms with van der Waals surface area (Å²) >= 11 is 3.43. The van der Waals surface area contributed by atoms with E-state index in [2.05, 4.69) is 30.0 Å². The van der Waals surface area contributed by atoms with Gasteiger partial charge < -0.3 is 19.5 Å². The van der Waals surface area contributed by atoms with Crippen LogP contribution in [0.25, 0.3) is 0 Å². The van der Waals surface area contributed by atoms with Crippen LogP contribution in [0.15, 0.2) is 22.7 Å². The quantitative estimate of drug-likeness (QED) is 0.748. The van der Waals surface area contributed by atoms with Gasteiger partial charge in [0.15, 0.2) is 0 Å². The minimum Gasteiger partial charge on any atom is -0.550 e. The molecule has 0 spiro atoms. The van der Waals surface area contributed by atoms with Crippen LogP contribution in [-0.4, -0.2) is 33.2 Å². The van der Waals surface area contributed by atoms with Gasteiger partial charge in [-0.25, -0.2) is 0 Å². The van der Waals surface area contributed by atoms with Crippen LogP contribution in [0.1, 0.15) is 12.0 Å². The minimum absolute atomic E-state index is 0.0383. The highest BCUT2D eigenvalue weighted by molar-refractivity contribution is 9.10. The van der Waals surface area contributed by atoms with Crippen LogP contribution >= 0.6 is 15.9 Å². The highest BCUT2D eigenvalue weighted by Crippen LogP contribution is 2.26. The van der Waals surface area contributed by atoms with Crippen LogP contribution in [0.2, 0.25) is 0 Å². The number of nitrogens with one attached hydrogen (secondary N) is 1. The summed E-state index contributed by atoms with van der Waals surface area (Å²) in [4.78, 5) is 11.7. The highest BCUT2D eigenvalue weighted by Gasteiger charge is 2.04. The van der Waals surface area contributed by atoms with Gasteiger partial charge in [0.25, 0.3) is 0 Å². The largest absolute Gasteiger partial charge is 0.550 e. The van der Waals surface area contributed by atoms with E-state index < -0.39 is 5.97 Å². The number of halogens is 1. The molecule has 0 heterocycles. The Morgan fingerprint density at radius 3 is 2.72 bits per heavy atom. The van der Waals surface area contributed by atoms with Crippen molar-refractivity contribution in [3.8, 4) is 5.75 Å². The van der Waals surface area contributed by atoms with Gasteiger partial charge in [-0.15, -0.1) is 0 Å². The number of aryl methyl sites for hydroxylation is 1. The molecule has 1 N–H and O–H groups in total. The van der Waals surface area contributed by atoms with E-state index >= 15 is 0 Å². The number of hydrogen-bond acceptors (Lipinski definition) is 3. The maximum Gasteiger partial charge on any atom is 0.137 e. The number of aliphatic carboxylic acids is 1. The van der Waals surface area contributed by atoms with Crippen molar-refractivity contribution in [2.75, 3.05) is 27.2 Å². The molecule has 0 aliphatic rings. The Hall–Kier alpha value is -1.07. The van der Waals surface area contributed by atoms with Crippen LogP contribution < -0.4 is 14.7 Å². The summed E-state index contributed by atoms with van der Waals surface area (Å²) in [6.07, 6.45) is 0.514. The van der Waals surface area contributed by atoms with Crippen molar-refractivity contribution in [1.29, 1.82) is 0 Å². The first-order valence-electron chi connectivity index (χ1n) is 5.89. The number of ether oxygens (including phenoxy) is 1. The molecule has 0 saturated carbocycles. The number of rotatable bonds is 7. The van der Waals surface area contributed by atoms with Crippen molar-refractivity contribution in [2.45, 2.75) is 12.8 Å². The van der Waals surface area contributed by atoms with E-state index in [4.69, 9.17) is 4.74 Å². The van der Waals surface area contributed by atoms with Crippen molar-refractivity contribution in [3.05, 3.63) is 28.2 Å². The smallest absolute Gasteiger partial charge is 0.137 e. The Morgan fingerprint density at radius 1 is 1.44 bits per heavy atom. The summed E-state index contributed by atoms with van der Waals surface area (Å²) < 4.78 is 6.49. The van der Waals surface area contributed by atoms with E-state index in [1.807, 2.05) is 18.2 Å². The molecular weight excluding hydrogens is 298 g/mol. The molecule has 0 radical (unpaired) electrons. The first kappa shape index (κ1) is 15.0. The Labute approximate surface area is 116 Å². The molecule has 4 nitrogen and oxygen atoms in total. The average Bonchev–Trinajstić information content (AvgIpc) is 2.28. The number of benzene rings is 1. The Bertz CT molecular complexity index is 407. The molecule has 100 valence electrons. The number of likely N-dealkylation sites (N-methyl/N-ethyl adjacent to an activating group) is 1. The monoisotopic (exact) mass is 315 g/mol. The summed E-state index contributed by atoms with van der Waals surface area (Å²) in [7, 11) is 4.14. The van der Waals surface area contributed by atoms with Crippen LogP contribution in [0.3, 0.4) is 0 Å². The van der Waals surface area contributed by atoms with E-state index in [1.54, 1.807) is 0 Å². The SMILES string of the molecule is C[NH+](C)CCOc1ccc(CCC(=O)[O-])cc1Br. The Balaban J connectivity index is 2.53. The molecular formula is C13H18BrNO3. The summed E-state index contributed by atoms with van der Waals surface area (Å²) in [5, 5.41) is 10.4. The van der Waals surface area contributed by atoms with Crippen molar-refractivity contribution in [2.24, 2.45) is 0 Å². The third kappa shape index (κ3) is 5.51. The molecule has 0 aromatic heterocycles. The molecule has 1 rings (SSSR count). The molecule has 0 unspecified atom stereocenters. The molecule has 0 aliphatic carbocycles. The second kappa shape index (κ2) is 7.38. The summed E-state index contributed by atoms with van der Waals surface area (Å²) in [5.74, 6) is -0.242. The van der Waals surface area contributed by atoms with Gasteiger partial charge in [-0.2, -0.15) is 0 Å². The fourth-order valence-electron chi connectivity index (χ4n) is 1.43. The predicted molar refractivity (Wildman–Crippen MR) is 70.6 cm³/mol. The van der Waals surface area contributed by atoms with Gasteiger partial charge in [-0.05, 0) is 46.5 Å². The first-order valence-corrected chi connectivity index (χ1v) is 6.68. The van der Waals surface area contributed by atoms with Gasteiger partial charge in [0.05, 0.1) is 18.6 Å². The lowest BCUT2D eigenvalue weighted by molar-refractivity contribution is -0.858. The Morgan fingerprint density at radius 2 is 2.17 bits per heavy atom. The number of carbonyl (C=O) groups excluding carboxylic acids is 1. The molecule has 0 atom stereocenters. The van der Waals surface area contributed by atoms with Gasteiger partial charge in [0, 0.05) is 5.97 Å². The van der Waals surface area contributed by atoms with Crippen LogP contribution in [0.5, 0.6) is 5.75 Å². The lowest BCUT2D eigenvalue weighted by atomic mass is 10.1. The lowest BCUT2D eigenvalue weighted by Gasteiger charge is -2.11. The normalized spacial score (nSPS) is 10.7. The number of carboxylic acid groups (broad SMARTS) is 1. The van der Waals surface area contributed by atoms with Gasteiger partial charge in [0.1, 0.15) is 18.9 Å². The maximum atomic E-state index is 10.4. The number of quaternary nitrogens is 1. The van der Waals surface area contributed by atoms with Gasteiger partial charge >= 0.3 is 0 Å². The molecule has 1 aromatic carbocycles. The molecule has 1 aromatic rings. The third-order valence-electron chi connectivity index (χ3n) is 2.47. The standard InChI is InChI=1S/C13H18BrNO3/c1-15(2)7-8-18-12-5-3-10(9-11(12)14)4-6-13(16)17/h3,5,9H,4,6-8H2,1-2H3,(H,16,17). The summed E-state index contributed by atoms with van der Waals surface area (Å²) in [6.45, 7) is 1.58. The molecule has 0 aliphatic heterocycles. The fourth-order valence-corrected chi connectivity index (χ4v) is 1.97. The van der Waals surface area contributed by atoms with E-state index in [0.29, 0.717) is 13.0 Å². The van der Waals surface area contributed by atoms with Crippen molar-refractivity contribution < 1.29 is 19.5 Å². The van der Waals surface area contributed by atoms with Gasteiger partial charge in [0.2, 0.25) is 0 Å². The molecule has 0 fully saturated rings. The lowest BCUT2D eigenvalue weighted by Crippen LogP contribution is -3.06. The van der Waals surface area contributed by atoms with Crippen molar-refractivity contribution in [1.82, 2.24) is 0 Å². The summed E-state index contributed by atoms with van der Waals surface area (Å²) in [5.41, 5.74) is 0.955. The van der Waals surface area contributed by atoms with Crippen LogP contribution in [0, 0.1) is 0 Å². The van der Waals surface area contributed by atoms with E-state index in [9.17, 15) is 9.90 Å². The number of hydrogen-bond donors (Lipinski definition) is 1. The van der Waals surface area contributed by atoms with Crippen LogP contribution in [-0.2, 0) is 11.2 Å². The van der Waals surface area contributed by atoms with Gasteiger partial charge in [-0.1, -0.05) is 6.07 Å². The summed E-state index contributed by atoms with van der Waals surface area (Å²) in [6, 6.07) is 5.63. The van der Waals surface area contributed by atoms with Gasteiger partial charge in [-0.3, -0.25) is 0 Å². The maximum absolute atomic E-state index is 10.4. The minimum atomic E-state index is -1.03. The zero-order valence-electron chi connectivity index (χ0n) is 10.7. The second-order valence-corrected chi connectivity index (χ2v) is 5.30. The zero-order valence-corrected chi connectivity index (χ0v) is 12.2. The van der Waals surface area contributed by atoms with E-state index in [-0.39, 0.29) is 6.42 Å². The second-order valence-electron chi connectivity index (χ2n) is 4.44. The van der Waals surface area contributed by atoms with E-state index in [1.165, 1.54) is 4.90 Å². The molecule has 0 amide bonds. The predicted octanol–water partition coefficient (Wildman–Crippen LogP) is -0.345. The molecule has 5 heteroatoms. The molecule has 18 heavy (non-hydrogen) atoms. The van der Waals surface area contributed by atoms with Crippen molar-refractivity contribution in [3.63, 3.8) is 0 Å². The number of carboxylic acids is 1. The molecule has 0 saturated heterocycles. The average molecular weight is 316 g/mol. The van der Waals surface area contributed by atoms with E-state index in [0.717, 1.165) is 22.3 Å². The van der Waals surface area contributed by atoms with Crippen LogP contribution in [0.4, 0.5) is 0 Å². The first-order chi connectivity index (χ1) is 8.49. The highest BCUT2D eigenvalue weighted by atomic mass is 79.9. The fraction of sp³-hybridized carbons (Fsp3) is 0.462. The zero-order chi connectivity index (χ0) is 13.5.